The van der Waals surface area contributed by atoms with Crippen LogP contribution in [0, 0.1) is 12.7 Å². The Balaban J connectivity index is 1.61. The maximum Gasteiger partial charge on any atom is 0.220 e. The molecule has 174 valence electrons. The first-order chi connectivity index (χ1) is 16.0. The Kier molecular flexibility index (Phi) is 7.14. The lowest BCUT2D eigenvalue weighted by molar-refractivity contribution is -0.121. The minimum Gasteiger partial charge on any atom is -0.488 e. The molecule has 5 nitrogen and oxygen atoms in total. The van der Waals surface area contributed by atoms with Gasteiger partial charge < -0.3 is 19.5 Å². The lowest BCUT2D eigenvalue weighted by Gasteiger charge is -2.21. The monoisotopic (exact) mass is 449 g/mol. The van der Waals surface area contributed by atoms with Crippen molar-refractivity contribution in [2.75, 3.05) is 26.2 Å². The molecule has 1 N–H and O–H groups in total. The quantitative estimate of drug-likeness (QED) is 0.507. The number of carbonyl (C=O) groups excluding carboxylic acids is 1. The number of carbonyl (C=O) groups is 1. The molecule has 0 spiro atoms. The van der Waals surface area contributed by atoms with E-state index in [9.17, 15) is 4.79 Å². The molecule has 1 aliphatic rings. The van der Waals surface area contributed by atoms with Gasteiger partial charge in [0.2, 0.25) is 5.91 Å². The second kappa shape index (κ2) is 10.2. The summed E-state index contributed by atoms with van der Waals surface area (Å²) in [6.07, 6.45) is 0.858. The number of para-hydroxylation sites is 1. The molecular formula is C27H32FN3O2. The third-order valence-electron chi connectivity index (χ3n) is 6.28. The highest BCUT2D eigenvalue weighted by Gasteiger charge is 2.26. The van der Waals surface area contributed by atoms with Crippen LogP contribution < -0.4 is 10.1 Å². The lowest BCUT2D eigenvalue weighted by atomic mass is 10.0. The second-order valence-corrected chi connectivity index (χ2v) is 8.46. The SMILES string of the molecule is CCN(CC)CCNC(=O)CCc1cc2c(n1-c1ccc(C)cc1F)-c1ccccc1OC2. The first-order valence-electron chi connectivity index (χ1n) is 11.7. The second-order valence-electron chi connectivity index (χ2n) is 8.46. The Labute approximate surface area is 195 Å². The molecule has 1 aliphatic heterocycles. The molecule has 2 heterocycles. The first-order valence-corrected chi connectivity index (χ1v) is 11.7. The van der Waals surface area contributed by atoms with Crippen molar-refractivity contribution in [2.45, 2.75) is 40.2 Å². The molecule has 6 heteroatoms. The molecule has 0 fully saturated rings. The largest absolute Gasteiger partial charge is 0.488 e. The van der Waals surface area contributed by atoms with E-state index < -0.39 is 0 Å². The predicted molar refractivity (Wildman–Crippen MR) is 129 cm³/mol. The average molecular weight is 450 g/mol. The van der Waals surface area contributed by atoms with Gasteiger partial charge in [-0.1, -0.05) is 32.0 Å². The van der Waals surface area contributed by atoms with Crippen LogP contribution in [0.5, 0.6) is 5.75 Å². The topological polar surface area (TPSA) is 46.5 Å². The molecule has 4 rings (SSSR count). The van der Waals surface area contributed by atoms with E-state index in [1.165, 1.54) is 0 Å². The van der Waals surface area contributed by atoms with Crippen LogP contribution in [0.25, 0.3) is 16.9 Å². The fourth-order valence-corrected chi connectivity index (χ4v) is 4.44. The molecule has 0 bridgehead atoms. The van der Waals surface area contributed by atoms with Gasteiger partial charge in [0.1, 0.15) is 18.2 Å². The van der Waals surface area contributed by atoms with Crippen molar-refractivity contribution in [3.63, 3.8) is 0 Å². The number of amides is 1. The standard InChI is InChI=1S/C27H32FN3O2/c1-4-30(5-2)15-14-29-26(32)13-11-21-17-20-18-33-25-9-7-6-8-22(25)27(20)31(21)24-12-10-19(3)16-23(24)28/h6-10,12,16-17H,4-5,11,13-15,18H2,1-3H3,(H,29,32). The van der Waals surface area contributed by atoms with Gasteiger partial charge in [-0.05, 0) is 62.3 Å². The molecule has 1 amide bonds. The number of ether oxygens (including phenoxy) is 1. The van der Waals surface area contributed by atoms with Crippen LogP contribution in [-0.4, -0.2) is 41.6 Å². The number of nitrogens with one attached hydrogen (secondary N) is 1. The van der Waals surface area contributed by atoms with Crippen LogP contribution in [-0.2, 0) is 17.8 Å². The zero-order chi connectivity index (χ0) is 23.4. The van der Waals surface area contributed by atoms with Gasteiger partial charge in [-0.15, -0.1) is 0 Å². The van der Waals surface area contributed by atoms with Crippen LogP contribution in [0.1, 0.15) is 37.1 Å². The fourth-order valence-electron chi connectivity index (χ4n) is 4.44. The van der Waals surface area contributed by atoms with E-state index in [2.05, 4.69) is 24.1 Å². The normalized spacial score (nSPS) is 12.3. The molecule has 0 radical (unpaired) electrons. The van der Waals surface area contributed by atoms with Gasteiger partial charge in [0.25, 0.3) is 0 Å². The van der Waals surface area contributed by atoms with Gasteiger partial charge in [0.05, 0.1) is 11.4 Å². The summed E-state index contributed by atoms with van der Waals surface area (Å²) in [6.45, 7) is 9.95. The van der Waals surface area contributed by atoms with Gasteiger partial charge in [-0.3, -0.25) is 4.79 Å². The van der Waals surface area contributed by atoms with E-state index in [0.29, 0.717) is 31.7 Å². The Hall–Kier alpha value is -3.12. The van der Waals surface area contributed by atoms with Crippen LogP contribution in [0.4, 0.5) is 4.39 Å². The van der Waals surface area contributed by atoms with E-state index in [-0.39, 0.29) is 11.7 Å². The van der Waals surface area contributed by atoms with Crippen LogP contribution >= 0.6 is 0 Å². The highest BCUT2D eigenvalue weighted by molar-refractivity contribution is 5.77. The molecule has 3 aromatic rings. The summed E-state index contributed by atoms with van der Waals surface area (Å²) in [6, 6.07) is 15.2. The molecule has 2 aromatic carbocycles. The number of hydrogen-bond donors (Lipinski definition) is 1. The summed E-state index contributed by atoms with van der Waals surface area (Å²) in [7, 11) is 0. The number of nitrogens with zero attached hydrogens (tertiary/aromatic N) is 2. The fraction of sp³-hybridized carbons (Fsp3) is 0.370. The molecule has 0 atom stereocenters. The number of benzene rings is 2. The number of hydrogen-bond acceptors (Lipinski definition) is 3. The van der Waals surface area contributed by atoms with E-state index >= 15 is 4.39 Å². The molecule has 0 aliphatic carbocycles. The third-order valence-corrected chi connectivity index (χ3v) is 6.28. The van der Waals surface area contributed by atoms with Crippen molar-refractivity contribution in [3.05, 3.63) is 71.2 Å². The Bertz CT molecular complexity index is 1130. The minimum absolute atomic E-state index is 0.00825. The van der Waals surface area contributed by atoms with Crippen molar-refractivity contribution in [1.82, 2.24) is 14.8 Å². The molecule has 33 heavy (non-hydrogen) atoms. The number of rotatable bonds is 9. The Morgan fingerprint density at radius 3 is 2.70 bits per heavy atom. The van der Waals surface area contributed by atoms with Crippen molar-refractivity contribution in [1.29, 1.82) is 0 Å². The number of aromatic nitrogens is 1. The van der Waals surface area contributed by atoms with Gasteiger partial charge in [0, 0.05) is 36.3 Å². The van der Waals surface area contributed by atoms with E-state index in [4.69, 9.17) is 4.74 Å². The minimum atomic E-state index is -0.276. The maximum atomic E-state index is 15.1. The summed E-state index contributed by atoms with van der Waals surface area (Å²) in [5.41, 5.74) is 5.16. The lowest BCUT2D eigenvalue weighted by Crippen LogP contribution is -2.34. The summed E-state index contributed by atoms with van der Waals surface area (Å²) < 4.78 is 23.0. The van der Waals surface area contributed by atoms with Crippen LogP contribution in [0.3, 0.4) is 0 Å². The van der Waals surface area contributed by atoms with Crippen molar-refractivity contribution in [3.8, 4) is 22.7 Å². The smallest absolute Gasteiger partial charge is 0.220 e. The Morgan fingerprint density at radius 1 is 1.15 bits per heavy atom. The molecule has 0 saturated carbocycles. The zero-order valence-electron chi connectivity index (χ0n) is 19.7. The molecule has 0 saturated heterocycles. The predicted octanol–water partition coefficient (Wildman–Crippen LogP) is 4.87. The summed E-state index contributed by atoms with van der Waals surface area (Å²) in [5, 5.41) is 3.02. The molecule has 0 unspecified atom stereocenters. The van der Waals surface area contributed by atoms with Crippen LogP contribution in [0.2, 0.25) is 0 Å². The van der Waals surface area contributed by atoms with E-state index in [1.807, 2.05) is 54.0 Å². The first kappa shape index (κ1) is 23.1. The average Bonchev–Trinajstić information content (AvgIpc) is 3.19. The maximum absolute atomic E-state index is 15.1. The molecule has 1 aromatic heterocycles. The number of halogens is 1. The molecular weight excluding hydrogens is 417 g/mol. The highest BCUT2D eigenvalue weighted by Crippen LogP contribution is 2.41. The van der Waals surface area contributed by atoms with Gasteiger partial charge >= 0.3 is 0 Å². The van der Waals surface area contributed by atoms with E-state index in [1.54, 1.807) is 6.07 Å². The van der Waals surface area contributed by atoms with Crippen molar-refractivity contribution < 1.29 is 13.9 Å². The van der Waals surface area contributed by atoms with Crippen molar-refractivity contribution in [2.24, 2.45) is 0 Å². The highest BCUT2D eigenvalue weighted by atomic mass is 19.1. The van der Waals surface area contributed by atoms with Gasteiger partial charge in [-0.2, -0.15) is 0 Å². The van der Waals surface area contributed by atoms with Crippen LogP contribution in [0.15, 0.2) is 48.5 Å². The van der Waals surface area contributed by atoms with E-state index in [0.717, 1.165) is 53.5 Å². The number of fused-ring (bicyclic) bond motifs is 3. The Morgan fingerprint density at radius 2 is 1.94 bits per heavy atom. The summed E-state index contributed by atoms with van der Waals surface area (Å²) in [5.74, 6) is 0.522. The number of aryl methyl sites for hydroxylation is 2. The van der Waals surface area contributed by atoms with Gasteiger partial charge in [-0.25, -0.2) is 4.39 Å². The third kappa shape index (κ3) is 4.96. The summed E-state index contributed by atoms with van der Waals surface area (Å²) in [4.78, 5) is 14.8. The van der Waals surface area contributed by atoms with Gasteiger partial charge in [0.15, 0.2) is 0 Å². The number of likely N-dealkylation sites (N-methyl/N-ethyl adjacent to an activating group) is 1. The summed E-state index contributed by atoms with van der Waals surface area (Å²) >= 11 is 0. The zero-order valence-corrected chi connectivity index (χ0v) is 19.7. The van der Waals surface area contributed by atoms with Crippen molar-refractivity contribution >= 4 is 5.91 Å².